The molecule has 1 aromatic rings. The van der Waals surface area contributed by atoms with E-state index in [9.17, 15) is 4.79 Å². The average molecular weight is 255 g/mol. The van der Waals surface area contributed by atoms with Gasteiger partial charge in [0.2, 0.25) is 5.91 Å². The highest BCUT2D eigenvalue weighted by Crippen LogP contribution is 2.52. The zero-order chi connectivity index (χ0) is 12.6. The highest BCUT2D eigenvalue weighted by Gasteiger charge is 2.52. The summed E-state index contributed by atoms with van der Waals surface area (Å²) in [6, 6.07) is 3.65. The van der Waals surface area contributed by atoms with Gasteiger partial charge in [-0.1, -0.05) is 11.6 Å². The van der Waals surface area contributed by atoms with Gasteiger partial charge in [-0.3, -0.25) is 10.2 Å². The molecule has 0 radical (unpaired) electrons. The van der Waals surface area contributed by atoms with Crippen molar-refractivity contribution in [2.24, 2.45) is 5.84 Å². The van der Waals surface area contributed by atoms with Crippen molar-refractivity contribution in [3.63, 3.8) is 0 Å². The van der Waals surface area contributed by atoms with Gasteiger partial charge in [0, 0.05) is 10.6 Å². The number of aryl methyl sites for hydroxylation is 1. The smallest absolute Gasteiger partial charge is 0.244 e. The van der Waals surface area contributed by atoms with Gasteiger partial charge in [-0.15, -0.1) is 0 Å². The molecule has 0 unspecified atom stereocenters. The molecule has 1 aliphatic rings. The fraction of sp³-hybridized carbons (Fsp3) is 0.417. The van der Waals surface area contributed by atoms with Gasteiger partial charge < -0.3 is 4.74 Å². The van der Waals surface area contributed by atoms with Gasteiger partial charge in [-0.2, -0.15) is 0 Å². The Labute approximate surface area is 105 Å². The molecule has 0 aromatic heterocycles. The van der Waals surface area contributed by atoms with Crippen LogP contribution in [0, 0.1) is 6.92 Å². The monoisotopic (exact) mass is 254 g/mol. The molecule has 0 saturated heterocycles. The van der Waals surface area contributed by atoms with E-state index < -0.39 is 5.41 Å². The summed E-state index contributed by atoms with van der Waals surface area (Å²) in [5.74, 6) is 5.73. The second-order valence-electron chi connectivity index (χ2n) is 4.36. The van der Waals surface area contributed by atoms with E-state index in [4.69, 9.17) is 22.2 Å². The fourth-order valence-electron chi connectivity index (χ4n) is 2.08. The number of rotatable bonds is 3. The molecule has 92 valence electrons. The first-order valence-electron chi connectivity index (χ1n) is 5.41. The van der Waals surface area contributed by atoms with Crippen LogP contribution in [0.4, 0.5) is 0 Å². The third kappa shape index (κ3) is 1.87. The summed E-state index contributed by atoms with van der Waals surface area (Å²) in [4.78, 5) is 11.8. The Balaban J connectivity index is 2.52. The quantitative estimate of drug-likeness (QED) is 0.490. The predicted octanol–water partition coefficient (Wildman–Crippen LogP) is 1.68. The van der Waals surface area contributed by atoms with Crippen LogP contribution < -0.4 is 16.0 Å². The molecule has 1 fully saturated rings. The van der Waals surface area contributed by atoms with E-state index >= 15 is 0 Å². The Morgan fingerprint density at radius 1 is 1.53 bits per heavy atom. The summed E-state index contributed by atoms with van der Waals surface area (Å²) in [5.41, 5.74) is 3.40. The third-order valence-electron chi connectivity index (χ3n) is 3.31. The van der Waals surface area contributed by atoms with E-state index in [1.54, 1.807) is 13.2 Å². The molecule has 17 heavy (non-hydrogen) atoms. The zero-order valence-corrected chi connectivity index (χ0v) is 10.6. The molecule has 0 aliphatic heterocycles. The average Bonchev–Trinajstić information content (AvgIpc) is 3.12. The third-order valence-corrected chi connectivity index (χ3v) is 3.72. The Morgan fingerprint density at radius 3 is 2.65 bits per heavy atom. The Bertz CT molecular complexity index is 470. The van der Waals surface area contributed by atoms with Crippen molar-refractivity contribution in [3.05, 3.63) is 28.3 Å². The molecule has 1 aromatic carbocycles. The van der Waals surface area contributed by atoms with E-state index in [1.807, 2.05) is 13.0 Å². The molecule has 0 spiro atoms. The Morgan fingerprint density at radius 2 is 2.18 bits per heavy atom. The van der Waals surface area contributed by atoms with E-state index in [1.165, 1.54) is 0 Å². The topological polar surface area (TPSA) is 64.3 Å². The van der Waals surface area contributed by atoms with Gasteiger partial charge in [0.1, 0.15) is 5.75 Å². The van der Waals surface area contributed by atoms with Crippen molar-refractivity contribution in [2.45, 2.75) is 25.2 Å². The van der Waals surface area contributed by atoms with Gasteiger partial charge in [-0.25, -0.2) is 5.84 Å². The molecule has 1 amide bonds. The van der Waals surface area contributed by atoms with Gasteiger partial charge in [-0.05, 0) is 37.5 Å². The van der Waals surface area contributed by atoms with Crippen molar-refractivity contribution in [1.82, 2.24) is 5.43 Å². The highest BCUT2D eigenvalue weighted by atomic mass is 35.5. The minimum absolute atomic E-state index is 0.185. The molecule has 3 N–H and O–H groups in total. The van der Waals surface area contributed by atoms with Crippen LogP contribution in [0.2, 0.25) is 5.02 Å². The lowest BCUT2D eigenvalue weighted by molar-refractivity contribution is -0.123. The molecule has 4 nitrogen and oxygen atoms in total. The number of benzene rings is 1. The van der Waals surface area contributed by atoms with Crippen LogP contribution >= 0.6 is 11.6 Å². The molecule has 0 atom stereocenters. The van der Waals surface area contributed by atoms with Gasteiger partial charge >= 0.3 is 0 Å². The molecule has 0 bridgehead atoms. The molecule has 2 rings (SSSR count). The van der Waals surface area contributed by atoms with Crippen LogP contribution in [0.25, 0.3) is 0 Å². The first kappa shape index (κ1) is 12.2. The minimum Gasteiger partial charge on any atom is -0.496 e. The number of carbonyl (C=O) groups is 1. The maximum Gasteiger partial charge on any atom is 0.244 e. The maximum atomic E-state index is 11.8. The number of amides is 1. The lowest BCUT2D eigenvalue weighted by atomic mass is 9.93. The van der Waals surface area contributed by atoms with E-state index in [0.717, 1.165) is 24.0 Å². The first-order chi connectivity index (χ1) is 8.05. The number of halogens is 1. The van der Waals surface area contributed by atoms with Crippen molar-refractivity contribution in [2.75, 3.05) is 7.11 Å². The number of hydrogen-bond acceptors (Lipinski definition) is 3. The van der Waals surface area contributed by atoms with Crippen LogP contribution in [-0.4, -0.2) is 13.0 Å². The number of methoxy groups -OCH3 is 1. The van der Waals surface area contributed by atoms with Crippen LogP contribution in [-0.2, 0) is 10.2 Å². The van der Waals surface area contributed by atoms with Crippen molar-refractivity contribution >= 4 is 17.5 Å². The Kier molecular flexibility index (Phi) is 3.02. The van der Waals surface area contributed by atoms with Gasteiger partial charge in [0.15, 0.2) is 0 Å². The van der Waals surface area contributed by atoms with E-state index in [0.29, 0.717) is 10.8 Å². The number of ether oxygens (including phenoxy) is 1. The SMILES string of the molecule is COc1cc(C)c(Cl)cc1C1(C(=O)NN)CC1. The number of nitrogens with two attached hydrogens (primary N) is 1. The maximum absolute atomic E-state index is 11.8. The number of hydrogen-bond donors (Lipinski definition) is 2. The normalized spacial score (nSPS) is 16.5. The summed E-state index contributed by atoms with van der Waals surface area (Å²) in [6.45, 7) is 1.90. The number of carbonyl (C=O) groups excluding carboxylic acids is 1. The summed E-state index contributed by atoms with van der Waals surface area (Å²) < 4.78 is 5.32. The number of nitrogens with one attached hydrogen (secondary N) is 1. The second kappa shape index (κ2) is 4.20. The van der Waals surface area contributed by atoms with Crippen LogP contribution in [0.3, 0.4) is 0 Å². The van der Waals surface area contributed by atoms with Crippen LogP contribution in [0.1, 0.15) is 24.0 Å². The minimum atomic E-state index is -0.558. The summed E-state index contributed by atoms with van der Waals surface area (Å²) in [5, 5.41) is 0.636. The summed E-state index contributed by atoms with van der Waals surface area (Å²) in [6.07, 6.45) is 1.54. The van der Waals surface area contributed by atoms with Crippen molar-refractivity contribution in [1.29, 1.82) is 0 Å². The van der Waals surface area contributed by atoms with Crippen LogP contribution in [0.5, 0.6) is 5.75 Å². The van der Waals surface area contributed by atoms with Crippen molar-refractivity contribution < 1.29 is 9.53 Å². The lowest BCUT2D eigenvalue weighted by Crippen LogP contribution is -2.39. The Hall–Kier alpha value is -1.26. The lowest BCUT2D eigenvalue weighted by Gasteiger charge is -2.18. The summed E-state index contributed by atoms with van der Waals surface area (Å²) >= 11 is 6.11. The van der Waals surface area contributed by atoms with Gasteiger partial charge in [0.25, 0.3) is 0 Å². The zero-order valence-electron chi connectivity index (χ0n) is 9.84. The molecule has 1 saturated carbocycles. The molecule has 1 aliphatic carbocycles. The van der Waals surface area contributed by atoms with E-state index in [2.05, 4.69) is 5.43 Å². The second-order valence-corrected chi connectivity index (χ2v) is 4.76. The predicted molar refractivity (Wildman–Crippen MR) is 66.0 cm³/mol. The molecular formula is C12H15ClN2O2. The molecular weight excluding hydrogens is 240 g/mol. The first-order valence-corrected chi connectivity index (χ1v) is 5.78. The largest absolute Gasteiger partial charge is 0.496 e. The standard InChI is InChI=1S/C12H15ClN2O2/c1-7-5-10(17-2)8(6-9(7)13)12(3-4-12)11(16)15-14/h5-6H,3-4,14H2,1-2H3,(H,15,16). The molecule has 5 heteroatoms. The van der Waals surface area contributed by atoms with Crippen molar-refractivity contribution in [3.8, 4) is 5.75 Å². The number of hydrazine groups is 1. The fourth-order valence-corrected chi connectivity index (χ4v) is 2.24. The van der Waals surface area contributed by atoms with Crippen LogP contribution in [0.15, 0.2) is 12.1 Å². The summed E-state index contributed by atoms with van der Waals surface area (Å²) in [7, 11) is 1.59. The highest BCUT2D eigenvalue weighted by molar-refractivity contribution is 6.31. The van der Waals surface area contributed by atoms with Gasteiger partial charge in [0.05, 0.1) is 12.5 Å². The molecule has 0 heterocycles. The van der Waals surface area contributed by atoms with E-state index in [-0.39, 0.29) is 5.91 Å².